The van der Waals surface area contributed by atoms with Gasteiger partial charge in [-0.25, -0.2) is 9.61 Å². The van der Waals surface area contributed by atoms with Gasteiger partial charge in [-0.15, -0.1) is 10.2 Å². The fourth-order valence-electron chi connectivity index (χ4n) is 2.85. The lowest BCUT2D eigenvalue weighted by Gasteiger charge is -2.07. The number of carbonyl (C=O) groups excluding carboxylic acids is 1. The number of carbonyl (C=O) groups is 1. The molecule has 5 rings (SSSR count). The Labute approximate surface area is 158 Å². The predicted molar refractivity (Wildman–Crippen MR) is 98.3 cm³/mol. The highest BCUT2D eigenvalue weighted by molar-refractivity contribution is 5.92. The molecule has 10 nitrogen and oxygen atoms in total. The molecule has 1 fully saturated rings. The standard InChI is InChI=1S/C18H16N8O2/c27-17(12-4-5-12)20-18-19-16-3-1-2-14(26(16)23-18)11-6-8-13(9-7-11)28-10-15-21-24-25-22-15/h1-3,6-9,12H,4-5,10H2,(H,20,23,27)(H,21,22,24,25). The highest BCUT2D eigenvalue weighted by atomic mass is 16.5. The highest BCUT2D eigenvalue weighted by Crippen LogP contribution is 2.30. The van der Waals surface area contributed by atoms with Gasteiger partial charge in [0.25, 0.3) is 0 Å². The molecule has 0 atom stereocenters. The number of hydrogen-bond donors (Lipinski definition) is 2. The maximum atomic E-state index is 12.0. The smallest absolute Gasteiger partial charge is 0.249 e. The number of nitrogens with zero attached hydrogens (tertiary/aromatic N) is 6. The van der Waals surface area contributed by atoms with Crippen molar-refractivity contribution in [1.29, 1.82) is 0 Å². The average Bonchev–Trinajstić information content (AvgIpc) is 3.28. The van der Waals surface area contributed by atoms with E-state index in [9.17, 15) is 4.79 Å². The van der Waals surface area contributed by atoms with Crippen molar-refractivity contribution in [3.63, 3.8) is 0 Å². The molecule has 1 saturated carbocycles. The van der Waals surface area contributed by atoms with Gasteiger partial charge in [-0.3, -0.25) is 10.1 Å². The van der Waals surface area contributed by atoms with E-state index in [4.69, 9.17) is 4.74 Å². The number of H-pyrrole nitrogens is 1. The first kappa shape index (κ1) is 16.4. The van der Waals surface area contributed by atoms with E-state index in [0.29, 0.717) is 23.2 Å². The molecule has 4 aromatic rings. The van der Waals surface area contributed by atoms with Crippen molar-refractivity contribution in [3.8, 4) is 17.0 Å². The second kappa shape index (κ2) is 6.72. The number of rotatable bonds is 6. The van der Waals surface area contributed by atoms with Gasteiger partial charge in [-0.05, 0) is 59.7 Å². The van der Waals surface area contributed by atoms with Crippen LogP contribution in [-0.2, 0) is 11.4 Å². The molecule has 1 aromatic carbocycles. The fourth-order valence-corrected chi connectivity index (χ4v) is 2.85. The fraction of sp³-hybridized carbons (Fsp3) is 0.222. The Hall–Kier alpha value is -3.82. The van der Waals surface area contributed by atoms with Crippen LogP contribution in [0.25, 0.3) is 16.9 Å². The van der Waals surface area contributed by atoms with Gasteiger partial charge < -0.3 is 4.74 Å². The summed E-state index contributed by atoms with van der Waals surface area (Å²) in [5, 5.41) is 20.7. The number of aromatic nitrogens is 7. The zero-order chi connectivity index (χ0) is 18.9. The summed E-state index contributed by atoms with van der Waals surface area (Å²) in [6.07, 6.45) is 1.87. The Morgan fingerprint density at radius 2 is 2.07 bits per heavy atom. The lowest BCUT2D eigenvalue weighted by Crippen LogP contribution is -2.14. The van der Waals surface area contributed by atoms with Crippen molar-refractivity contribution < 1.29 is 9.53 Å². The molecular formula is C18H16N8O2. The number of fused-ring (bicyclic) bond motifs is 1. The average molecular weight is 376 g/mol. The molecule has 1 amide bonds. The molecule has 1 aliphatic carbocycles. The quantitative estimate of drug-likeness (QED) is 0.526. The van der Waals surface area contributed by atoms with Crippen molar-refractivity contribution in [2.45, 2.75) is 19.4 Å². The highest BCUT2D eigenvalue weighted by Gasteiger charge is 2.30. The molecule has 0 bridgehead atoms. The molecule has 140 valence electrons. The number of anilines is 1. The Kier molecular flexibility index (Phi) is 3.93. The minimum Gasteiger partial charge on any atom is -0.486 e. The van der Waals surface area contributed by atoms with E-state index in [0.717, 1.165) is 24.1 Å². The maximum absolute atomic E-state index is 12.0. The summed E-state index contributed by atoms with van der Waals surface area (Å²) in [6.45, 7) is 0.259. The first-order chi connectivity index (χ1) is 13.8. The molecule has 0 radical (unpaired) electrons. The summed E-state index contributed by atoms with van der Waals surface area (Å²) in [6, 6.07) is 13.3. The van der Waals surface area contributed by atoms with Crippen molar-refractivity contribution in [2.75, 3.05) is 5.32 Å². The second-order valence-corrected chi connectivity index (χ2v) is 6.54. The summed E-state index contributed by atoms with van der Waals surface area (Å²) in [7, 11) is 0. The first-order valence-corrected chi connectivity index (χ1v) is 8.89. The SMILES string of the molecule is O=C(Nc1nc2cccc(-c3ccc(OCc4nnn[nH]4)cc3)n2n1)C1CC1. The topological polar surface area (TPSA) is 123 Å². The molecule has 0 unspecified atom stereocenters. The van der Waals surface area contributed by atoms with Crippen LogP contribution in [0.4, 0.5) is 5.95 Å². The summed E-state index contributed by atoms with van der Waals surface area (Å²) in [4.78, 5) is 16.4. The number of ether oxygens (including phenoxy) is 1. The van der Waals surface area contributed by atoms with Crippen LogP contribution in [0.15, 0.2) is 42.5 Å². The first-order valence-electron chi connectivity index (χ1n) is 8.89. The van der Waals surface area contributed by atoms with Gasteiger partial charge >= 0.3 is 0 Å². The largest absolute Gasteiger partial charge is 0.486 e. The van der Waals surface area contributed by atoms with Gasteiger partial charge in [0.15, 0.2) is 11.5 Å². The van der Waals surface area contributed by atoms with Crippen LogP contribution < -0.4 is 10.1 Å². The Morgan fingerprint density at radius 3 is 2.82 bits per heavy atom. The zero-order valence-corrected chi connectivity index (χ0v) is 14.7. The number of aromatic amines is 1. The molecule has 0 aliphatic heterocycles. The number of pyridine rings is 1. The van der Waals surface area contributed by atoms with Crippen molar-refractivity contribution >= 4 is 17.5 Å². The Balaban J connectivity index is 1.37. The predicted octanol–water partition coefficient (Wildman–Crippen LogP) is 1.84. The van der Waals surface area contributed by atoms with E-state index in [1.165, 1.54) is 0 Å². The van der Waals surface area contributed by atoms with E-state index in [1.807, 2.05) is 42.5 Å². The molecule has 3 aromatic heterocycles. The third-order valence-corrected chi connectivity index (χ3v) is 4.46. The van der Waals surface area contributed by atoms with Crippen molar-refractivity contribution in [2.24, 2.45) is 5.92 Å². The van der Waals surface area contributed by atoms with Gasteiger partial charge in [0.2, 0.25) is 11.9 Å². The van der Waals surface area contributed by atoms with Gasteiger partial charge in [-0.2, -0.15) is 4.98 Å². The van der Waals surface area contributed by atoms with Crippen molar-refractivity contribution in [3.05, 3.63) is 48.3 Å². The number of tetrazole rings is 1. The van der Waals surface area contributed by atoms with Gasteiger partial charge in [0, 0.05) is 11.5 Å². The van der Waals surface area contributed by atoms with E-state index >= 15 is 0 Å². The normalized spacial score (nSPS) is 13.6. The van der Waals surface area contributed by atoms with Crippen molar-refractivity contribution in [1.82, 2.24) is 35.2 Å². The van der Waals surface area contributed by atoms with Crippen LogP contribution in [-0.4, -0.2) is 41.1 Å². The zero-order valence-electron chi connectivity index (χ0n) is 14.7. The second-order valence-electron chi connectivity index (χ2n) is 6.54. The molecule has 28 heavy (non-hydrogen) atoms. The molecule has 2 N–H and O–H groups in total. The van der Waals surface area contributed by atoms with Crippen LogP contribution >= 0.6 is 0 Å². The van der Waals surface area contributed by atoms with Gasteiger partial charge in [-0.1, -0.05) is 6.07 Å². The van der Waals surface area contributed by atoms with Crippen LogP contribution in [0.2, 0.25) is 0 Å². The third kappa shape index (κ3) is 3.27. The summed E-state index contributed by atoms with van der Waals surface area (Å²) < 4.78 is 7.37. The molecule has 1 aliphatic rings. The van der Waals surface area contributed by atoms with Crippen LogP contribution in [0.3, 0.4) is 0 Å². The summed E-state index contributed by atoms with van der Waals surface area (Å²) >= 11 is 0. The number of amides is 1. The molecule has 10 heteroatoms. The molecular weight excluding hydrogens is 360 g/mol. The maximum Gasteiger partial charge on any atom is 0.249 e. The van der Waals surface area contributed by atoms with E-state index in [2.05, 4.69) is 36.0 Å². The van der Waals surface area contributed by atoms with Crippen LogP contribution in [0.5, 0.6) is 5.75 Å². The monoisotopic (exact) mass is 376 g/mol. The molecule has 0 saturated heterocycles. The lowest BCUT2D eigenvalue weighted by molar-refractivity contribution is -0.117. The number of hydrogen-bond acceptors (Lipinski definition) is 7. The minimum absolute atomic E-state index is 0.0130. The summed E-state index contributed by atoms with van der Waals surface area (Å²) in [5.41, 5.74) is 2.48. The van der Waals surface area contributed by atoms with E-state index < -0.39 is 0 Å². The Morgan fingerprint density at radius 1 is 1.21 bits per heavy atom. The van der Waals surface area contributed by atoms with E-state index in [1.54, 1.807) is 4.52 Å². The van der Waals surface area contributed by atoms with Gasteiger partial charge in [0.1, 0.15) is 12.4 Å². The van der Waals surface area contributed by atoms with Crippen LogP contribution in [0.1, 0.15) is 18.7 Å². The Bertz CT molecular complexity index is 1120. The lowest BCUT2D eigenvalue weighted by atomic mass is 10.1. The number of benzene rings is 1. The molecule has 3 heterocycles. The van der Waals surface area contributed by atoms with Crippen LogP contribution in [0, 0.1) is 5.92 Å². The minimum atomic E-state index is -0.0130. The van der Waals surface area contributed by atoms with E-state index in [-0.39, 0.29) is 18.4 Å². The molecule has 0 spiro atoms. The third-order valence-electron chi connectivity index (χ3n) is 4.46. The van der Waals surface area contributed by atoms with Gasteiger partial charge in [0.05, 0.1) is 5.69 Å². The summed E-state index contributed by atoms with van der Waals surface area (Å²) in [5.74, 6) is 1.66. The number of nitrogens with one attached hydrogen (secondary N) is 2.